The van der Waals surface area contributed by atoms with Gasteiger partial charge >= 0.3 is 0 Å². The van der Waals surface area contributed by atoms with E-state index in [9.17, 15) is 0 Å². The maximum Gasteiger partial charge on any atom is 0.198 e. The van der Waals surface area contributed by atoms with E-state index in [4.69, 9.17) is 4.74 Å². The third-order valence-electron chi connectivity index (χ3n) is 1.60. The average Bonchev–Trinajstić information content (AvgIpc) is 2.21. The summed E-state index contributed by atoms with van der Waals surface area (Å²) in [6, 6.07) is 9.64. The van der Waals surface area contributed by atoms with Gasteiger partial charge in [0, 0.05) is 12.3 Å². The highest BCUT2D eigenvalue weighted by molar-refractivity contribution is 5.25. The molecular formula is C11H9NO. The quantitative estimate of drug-likeness (QED) is 0.688. The van der Waals surface area contributed by atoms with Crippen LogP contribution in [0.25, 0.3) is 0 Å². The molecule has 1 aliphatic rings. The smallest absolute Gasteiger partial charge is 0.198 e. The molecule has 0 spiro atoms. The molecule has 0 radical (unpaired) electrons. The molecule has 1 aliphatic heterocycles. The lowest BCUT2D eigenvalue weighted by Crippen LogP contribution is -2.11. The van der Waals surface area contributed by atoms with Crippen LogP contribution in [0.5, 0.6) is 5.75 Å². The van der Waals surface area contributed by atoms with Crippen LogP contribution in [-0.2, 0) is 0 Å². The molecule has 0 fully saturated rings. The number of benzene rings is 1. The number of allylic oxidation sites excluding steroid dienone is 2. The Morgan fingerprint density at radius 1 is 1.15 bits per heavy atom. The van der Waals surface area contributed by atoms with Gasteiger partial charge in [0.15, 0.2) is 5.88 Å². The minimum Gasteiger partial charge on any atom is -0.441 e. The first-order chi connectivity index (χ1) is 6.45. The van der Waals surface area contributed by atoms with Gasteiger partial charge in [0.2, 0.25) is 0 Å². The summed E-state index contributed by atoms with van der Waals surface area (Å²) in [6.07, 6.45) is 5.33. The molecule has 0 saturated carbocycles. The molecule has 1 aromatic rings. The zero-order valence-corrected chi connectivity index (χ0v) is 7.03. The third kappa shape index (κ3) is 2.01. The van der Waals surface area contributed by atoms with E-state index in [0.29, 0.717) is 5.88 Å². The second kappa shape index (κ2) is 3.65. The first kappa shape index (κ1) is 7.71. The lowest BCUT2D eigenvalue weighted by Gasteiger charge is -2.09. The molecule has 2 rings (SSSR count). The van der Waals surface area contributed by atoms with E-state index >= 15 is 0 Å². The summed E-state index contributed by atoms with van der Waals surface area (Å²) in [5.74, 6) is 1.54. The Morgan fingerprint density at radius 2 is 2.00 bits per heavy atom. The molecule has 0 amide bonds. The van der Waals surface area contributed by atoms with Crippen molar-refractivity contribution in [3.05, 3.63) is 60.3 Å². The number of hydrogen-bond acceptors (Lipinski definition) is 2. The Kier molecular flexibility index (Phi) is 2.17. The van der Waals surface area contributed by atoms with Gasteiger partial charge in [0.25, 0.3) is 0 Å². The molecular weight excluding hydrogens is 162 g/mol. The maximum atomic E-state index is 5.50. The molecule has 0 bridgehead atoms. The summed E-state index contributed by atoms with van der Waals surface area (Å²) in [7, 11) is 0. The topological polar surface area (TPSA) is 21.3 Å². The predicted molar refractivity (Wildman–Crippen MR) is 50.9 cm³/mol. The van der Waals surface area contributed by atoms with Crippen molar-refractivity contribution < 1.29 is 4.74 Å². The number of rotatable bonds is 2. The van der Waals surface area contributed by atoms with Gasteiger partial charge in [0.1, 0.15) is 5.75 Å². The second-order valence-electron chi connectivity index (χ2n) is 2.57. The number of hydrogen-bond donors (Lipinski definition) is 1. The molecule has 1 aromatic carbocycles. The van der Waals surface area contributed by atoms with E-state index in [-0.39, 0.29) is 0 Å². The Balaban J connectivity index is 2.08. The van der Waals surface area contributed by atoms with Crippen LogP contribution >= 0.6 is 0 Å². The molecule has 13 heavy (non-hydrogen) atoms. The van der Waals surface area contributed by atoms with Crippen LogP contribution in [0.3, 0.4) is 0 Å². The fourth-order valence-corrected chi connectivity index (χ4v) is 1.01. The van der Waals surface area contributed by atoms with E-state index < -0.39 is 0 Å². The van der Waals surface area contributed by atoms with Crippen LogP contribution in [0.15, 0.2) is 60.3 Å². The zero-order valence-electron chi connectivity index (χ0n) is 7.03. The highest BCUT2D eigenvalue weighted by atomic mass is 16.5. The summed E-state index contributed by atoms with van der Waals surface area (Å²) in [5, 5.41) is 2.94. The summed E-state index contributed by atoms with van der Waals surface area (Å²) in [6.45, 7) is 0. The molecule has 2 nitrogen and oxygen atoms in total. The lowest BCUT2D eigenvalue weighted by molar-refractivity contribution is 0.397. The molecule has 0 atom stereocenters. The minimum atomic E-state index is 0.713. The van der Waals surface area contributed by atoms with Crippen molar-refractivity contribution in [2.75, 3.05) is 0 Å². The predicted octanol–water partition coefficient (Wildman–Crippen LogP) is 2.18. The maximum absolute atomic E-state index is 5.50. The van der Waals surface area contributed by atoms with Crippen LogP contribution in [0.2, 0.25) is 0 Å². The Bertz CT molecular complexity index is 372. The van der Waals surface area contributed by atoms with Gasteiger partial charge < -0.3 is 10.1 Å². The Hall–Kier alpha value is -1.92. The van der Waals surface area contributed by atoms with Crippen LogP contribution in [0.1, 0.15) is 0 Å². The first-order valence-electron chi connectivity index (χ1n) is 4.06. The van der Waals surface area contributed by atoms with Crippen molar-refractivity contribution in [1.29, 1.82) is 0 Å². The SMILES string of the molecule is C1=CC=C(Oc2ccccc2)NC=1. The largest absolute Gasteiger partial charge is 0.441 e. The summed E-state index contributed by atoms with van der Waals surface area (Å²) in [4.78, 5) is 0. The highest BCUT2D eigenvalue weighted by Gasteiger charge is 1.97. The van der Waals surface area contributed by atoms with E-state index in [1.165, 1.54) is 0 Å². The van der Waals surface area contributed by atoms with Crippen molar-refractivity contribution in [1.82, 2.24) is 5.32 Å². The molecule has 64 valence electrons. The van der Waals surface area contributed by atoms with Gasteiger partial charge in [-0.2, -0.15) is 0 Å². The number of para-hydroxylation sites is 1. The van der Waals surface area contributed by atoms with Crippen molar-refractivity contribution in [2.45, 2.75) is 0 Å². The highest BCUT2D eigenvalue weighted by Crippen LogP contribution is 2.11. The zero-order chi connectivity index (χ0) is 8.93. The molecule has 1 N–H and O–H groups in total. The van der Waals surface area contributed by atoms with Gasteiger partial charge in [-0.05, 0) is 18.2 Å². The molecule has 0 unspecified atom stereocenters. The first-order valence-corrected chi connectivity index (χ1v) is 4.06. The fraction of sp³-hybridized carbons (Fsp3) is 0. The minimum absolute atomic E-state index is 0.713. The van der Waals surface area contributed by atoms with Crippen molar-refractivity contribution >= 4 is 0 Å². The van der Waals surface area contributed by atoms with Gasteiger partial charge in [-0.3, -0.25) is 0 Å². The van der Waals surface area contributed by atoms with Crippen LogP contribution in [-0.4, -0.2) is 0 Å². The van der Waals surface area contributed by atoms with E-state index in [1.54, 1.807) is 12.3 Å². The Morgan fingerprint density at radius 3 is 2.69 bits per heavy atom. The van der Waals surface area contributed by atoms with Crippen molar-refractivity contribution in [3.63, 3.8) is 0 Å². The third-order valence-corrected chi connectivity index (χ3v) is 1.60. The van der Waals surface area contributed by atoms with Crippen molar-refractivity contribution in [3.8, 4) is 5.75 Å². The van der Waals surface area contributed by atoms with Gasteiger partial charge in [0.05, 0.1) is 0 Å². The Labute approximate surface area is 76.8 Å². The van der Waals surface area contributed by atoms with Crippen molar-refractivity contribution in [2.24, 2.45) is 0 Å². The molecule has 2 heteroatoms. The van der Waals surface area contributed by atoms with Crippen LogP contribution in [0, 0.1) is 0 Å². The van der Waals surface area contributed by atoms with E-state index in [0.717, 1.165) is 5.75 Å². The van der Waals surface area contributed by atoms with Crippen LogP contribution < -0.4 is 10.1 Å². The molecule has 0 saturated heterocycles. The summed E-state index contributed by atoms with van der Waals surface area (Å²) in [5.41, 5.74) is 2.88. The molecule has 0 aliphatic carbocycles. The van der Waals surface area contributed by atoms with Gasteiger partial charge in [-0.1, -0.05) is 18.2 Å². The standard InChI is InChI=1S/C11H9NO/c1-2-6-10(7-3-1)13-11-8-4-5-9-12-11/h1-4,6-9,12H. The molecule has 1 heterocycles. The number of nitrogens with one attached hydrogen (secondary N) is 1. The van der Waals surface area contributed by atoms with E-state index in [2.05, 4.69) is 11.0 Å². The van der Waals surface area contributed by atoms with Crippen LogP contribution in [0.4, 0.5) is 0 Å². The lowest BCUT2D eigenvalue weighted by atomic mass is 10.3. The second-order valence-corrected chi connectivity index (χ2v) is 2.57. The monoisotopic (exact) mass is 171 g/mol. The fourth-order valence-electron chi connectivity index (χ4n) is 1.01. The van der Waals surface area contributed by atoms with Gasteiger partial charge in [-0.25, -0.2) is 0 Å². The van der Waals surface area contributed by atoms with E-state index in [1.807, 2.05) is 36.4 Å². The van der Waals surface area contributed by atoms with Gasteiger partial charge in [-0.15, -0.1) is 5.73 Å². The number of ether oxygens (including phenoxy) is 1. The molecule has 0 aromatic heterocycles. The average molecular weight is 171 g/mol. The normalized spacial score (nSPS) is 13.4. The summed E-state index contributed by atoms with van der Waals surface area (Å²) >= 11 is 0. The summed E-state index contributed by atoms with van der Waals surface area (Å²) < 4.78 is 5.50.